The van der Waals surface area contributed by atoms with Crippen molar-refractivity contribution in [1.29, 1.82) is 0 Å². The van der Waals surface area contributed by atoms with Crippen molar-refractivity contribution in [3.8, 4) is 0 Å². The lowest BCUT2D eigenvalue weighted by Crippen LogP contribution is -2.27. The second-order valence-corrected chi connectivity index (χ2v) is 4.98. The van der Waals surface area contributed by atoms with E-state index in [0.717, 1.165) is 25.7 Å². The molecule has 1 aliphatic carbocycles. The van der Waals surface area contributed by atoms with Gasteiger partial charge in [-0.2, -0.15) is 0 Å². The molecule has 0 aromatic carbocycles. The standard InChI is InChI=1S/C10H14N2O2S/c13-7-3-1-2-4-8(7)15-10-11-6-5-9(14)12-10/h5-8,13H,1-4H2,(H,11,12,14)/t7-,8-/m0/s1. The molecular formula is C10H14N2O2S. The number of nitrogens with zero attached hydrogens (tertiary/aromatic N) is 1. The normalized spacial score (nSPS) is 26.5. The molecule has 2 atom stereocenters. The summed E-state index contributed by atoms with van der Waals surface area (Å²) in [5.74, 6) is 0. The maximum Gasteiger partial charge on any atom is 0.251 e. The summed E-state index contributed by atoms with van der Waals surface area (Å²) in [7, 11) is 0. The molecule has 0 radical (unpaired) electrons. The average Bonchev–Trinajstić information content (AvgIpc) is 2.22. The van der Waals surface area contributed by atoms with Crippen LogP contribution in [0.25, 0.3) is 0 Å². The summed E-state index contributed by atoms with van der Waals surface area (Å²) in [6.45, 7) is 0. The molecule has 0 bridgehead atoms. The molecule has 2 rings (SSSR count). The lowest BCUT2D eigenvalue weighted by molar-refractivity contribution is 0.137. The van der Waals surface area contributed by atoms with Gasteiger partial charge < -0.3 is 10.1 Å². The number of aliphatic hydroxyl groups is 1. The van der Waals surface area contributed by atoms with Crippen molar-refractivity contribution >= 4 is 11.8 Å². The highest BCUT2D eigenvalue weighted by molar-refractivity contribution is 7.99. The molecule has 0 amide bonds. The highest BCUT2D eigenvalue weighted by Gasteiger charge is 2.24. The van der Waals surface area contributed by atoms with Gasteiger partial charge in [-0.1, -0.05) is 24.6 Å². The SMILES string of the molecule is O=c1ccnc(S[C@H]2CCCC[C@@H]2O)[nH]1. The quantitative estimate of drug-likeness (QED) is 0.743. The van der Waals surface area contributed by atoms with Crippen molar-refractivity contribution in [2.75, 3.05) is 0 Å². The van der Waals surface area contributed by atoms with Gasteiger partial charge in [-0.25, -0.2) is 4.98 Å². The van der Waals surface area contributed by atoms with E-state index < -0.39 is 0 Å². The number of nitrogens with one attached hydrogen (secondary N) is 1. The monoisotopic (exact) mass is 226 g/mol. The molecule has 0 unspecified atom stereocenters. The molecule has 0 spiro atoms. The van der Waals surface area contributed by atoms with Crippen molar-refractivity contribution in [3.63, 3.8) is 0 Å². The summed E-state index contributed by atoms with van der Waals surface area (Å²) in [5.41, 5.74) is -0.141. The van der Waals surface area contributed by atoms with Crippen LogP contribution in [0.3, 0.4) is 0 Å². The van der Waals surface area contributed by atoms with Crippen molar-refractivity contribution in [2.45, 2.75) is 42.2 Å². The summed E-state index contributed by atoms with van der Waals surface area (Å²) in [4.78, 5) is 17.8. The third kappa shape index (κ3) is 2.82. The highest BCUT2D eigenvalue weighted by atomic mass is 32.2. The fourth-order valence-electron chi connectivity index (χ4n) is 1.77. The molecule has 1 aromatic rings. The van der Waals surface area contributed by atoms with Gasteiger partial charge in [0.05, 0.1) is 6.10 Å². The fourth-order valence-corrected chi connectivity index (χ4v) is 2.92. The summed E-state index contributed by atoms with van der Waals surface area (Å²) >= 11 is 1.47. The average molecular weight is 226 g/mol. The van der Waals surface area contributed by atoms with Crippen LogP contribution in [-0.2, 0) is 0 Å². The van der Waals surface area contributed by atoms with Crippen LogP contribution in [0.15, 0.2) is 22.2 Å². The van der Waals surface area contributed by atoms with E-state index in [0.29, 0.717) is 5.16 Å². The van der Waals surface area contributed by atoms with Gasteiger partial charge in [-0.05, 0) is 12.8 Å². The largest absolute Gasteiger partial charge is 0.392 e. The Balaban J connectivity index is 2.04. The van der Waals surface area contributed by atoms with Gasteiger partial charge in [-0.15, -0.1) is 0 Å². The molecule has 2 N–H and O–H groups in total. The summed E-state index contributed by atoms with van der Waals surface area (Å²) in [6.07, 6.45) is 5.31. The fraction of sp³-hybridized carbons (Fsp3) is 0.600. The zero-order chi connectivity index (χ0) is 10.7. The van der Waals surface area contributed by atoms with Crippen molar-refractivity contribution < 1.29 is 5.11 Å². The van der Waals surface area contributed by atoms with Crippen LogP contribution in [0.5, 0.6) is 0 Å². The van der Waals surface area contributed by atoms with Gasteiger partial charge in [0.15, 0.2) is 5.16 Å². The van der Waals surface area contributed by atoms with Crippen LogP contribution in [0, 0.1) is 0 Å². The lowest BCUT2D eigenvalue weighted by Gasteiger charge is -2.26. The molecule has 0 aliphatic heterocycles. The first-order valence-electron chi connectivity index (χ1n) is 5.16. The first-order chi connectivity index (χ1) is 7.25. The van der Waals surface area contributed by atoms with E-state index in [4.69, 9.17) is 0 Å². The summed E-state index contributed by atoms with van der Waals surface area (Å²) < 4.78 is 0. The molecule has 1 aromatic heterocycles. The van der Waals surface area contributed by atoms with Crippen LogP contribution in [0.2, 0.25) is 0 Å². The zero-order valence-electron chi connectivity index (χ0n) is 8.35. The van der Waals surface area contributed by atoms with Crippen molar-refractivity contribution in [1.82, 2.24) is 9.97 Å². The summed E-state index contributed by atoms with van der Waals surface area (Å²) in [5, 5.41) is 10.5. The number of thioether (sulfide) groups is 1. The molecule has 82 valence electrons. The van der Waals surface area contributed by atoms with E-state index in [1.807, 2.05) is 0 Å². The first kappa shape index (κ1) is 10.7. The Labute approximate surface area is 92.1 Å². The minimum atomic E-state index is -0.269. The van der Waals surface area contributed by atoms with E-state index in [2.05, 4.69) is 9.97 Å². The molecule has 5 heteroatoms. The molecule has 15 heavy (non-hydrogen) atoms. The van der Waals surface area contributed by atoms with E-state index in [-0.39, 0.29) is 16.9 Å². The minimum absolute atomic E-state index is 0.141. The molecule has 1 fully saturated rings. The first-order valence-corrected chi connectivity index (χ1v) is 6.04. The van der Waals surface area contributed by atoms with Gasteiger partial charge in [-0.3, -0.25) is 4.79 Å². The smallest absolute Gasteiger partial charge is 0.251 e. The number of aliphatic hydroxyl groups excluding tert-OH is 1. The van der Waals surface area contributed by atoms with Crippen LogP contribution in [0.4, 0.5) is 0 Å². The Morgan fingerprint density at radius 3 is 3.00 bits per heavy atom. The van der Waals surface area contributed by atoms with Gasteiger partial charge in [0, 0.05) is 17.5 Å². The number of H-pyrrole nitrogens is 1. The molecule has 0 saturated heterocycles. The topological polar surface area (TPSA) is 66.0 Å². The van der Waals surface area contributed by atoms with Gasteiger partial charge in [0.25, 0.3) is 5.56 Å². The molecule has 4 nitrogen and oxygen atoms in total. The number of hydrogen-bond acceptors (Lipinski definition) is 4. The Bertz CT molecular complexity index is 380. The van der Waals surface area contributed by atoms with Gasteiger partial charge in [0.1, 0.15) is 0 Å². The van der Waals surface area contributed by atoms with Crippen LogP contribution in [-0.4, -0.2) is 26.4 Å². The molecular weight excluding hydrogens is 212 g/mol. The molecule has 1 heterocycles. The maximum atomic E-state index is 11.0. The lowest BCUT2D eigenvalue weighted by atomic mass is 9.97. The second-order valence-electron chi connectivity index (χ2n) is 3.75. The maximum absolute atomic E-state index is 11.0. The predicted octanol–water partition coefficient (Wildman–Crippen LogP) is 1.17. The van der Waals surface area contributed by atoms with Gasteiger partial charge >= 0.3 is 0 Å². The highest BCUT2D eigenvalue weighted by Crippen LogP contribution is 2.31. The molecule has 1 saturated carbocycles. The summed E-state index contributed by atoms with van der Waals surface area (Å²) in [6, 6.07) is 1.39. The van der Waals surface area contributed by atoms with E-state index >= 15 is 0 Å². The minimum Gasteiger partial charge on any atom is -0.392 e. The van der Waals surface area contributed by atoms with Crippen LogP contribution >= 0.6 is 11.8 Å². The van der Waals surface area contributed by atoms with E-state index in [1.165, 1.54) is 24.0 Å². The Morgan fingerprint density at radius 1 is 1.47 bits per heavy atom. The number of aromatic nitrogens is 2. The number of aromatic amines is 1. The van der Waals surface area contributed by atoms with Crippen LogP contribution < -0.4 is 5.56 Å². The zero-order valence-corrected chi connectivity index (χ0v) is 9.17. The van der Waals surface area contributed by atoms with Crippen LogP contribution in [0.1, 0.15) is 25.7 Å². The predicted molar refractivity (Wildman–Crippen MR) is 59.0 cm³/mol. The van der Waals surface area contributed by atoms with Crippen molar-refractivity contribution in [2.24, 2.45) is 0 Å². The second kappa shape index (κ2) is 4.81. The third-order valence-electron chi connectivity index (χ3n) is 2.58. The van der Waals surface area contributed by atoms with E-state index in [1.54, 1.807) is 0 Å². The Hall–Kier alpha value is -0.810. The Kier molecular flexibility index (Phi) is 3.43. The van der Waals surface area contributed by atoms with E-state index in [9.17, 15) is 9.90 Å². The number of hydrogen-bond donors (Lipinski definition) is 2. The third-order valence-corrected chi connectivity index (χ3v) is 3.86. The number of rotatable bonds is 2. The van der Waals surface area contributed by atoms with Crippen molar-refractivity contribution in [3.05, 3.63) is 22.6 Å². The molecule has 1 aliphatic rings. The Morgan fingerprint density at radius 2 is 2.27 bits per heavy atom. The van der Waals surface area contributed by atoms with Gasteiger partial charge in [0.2, 0.25) is 0 Å².